The van der Waals surface area contributed by atoms with Crippen molar-refractivity contribution < 1.29 is 4.79 Å². The standard InChI is InChI=1S/C25H33N5O/c1-25(2)12-19(16-30(25)24(31)10-18-6-4-3-5-7-18)15-29-17-26-22-11-20(8-9-23(22)29)21-13-27-28-14-21/h8-9,11,13-14,17-19H,3-7,10,12,15-16H2,1-2H3,(H,27,28). The number of imidazole rings is 1. The molecule has 31 heavy (non-hydrogen) atoms. The van der Waals surface area contributed by atoms with Crippen molar-refractivity contribution in [3.63, 3.8) is 0 Å². The topological polar surface area (TPSA) is 66.8 Å². The van der Waals surface area contributed by atoms with E-state index in [-0.39, 0.29) is 5.54 Å². The minimum absolute atomic E-state index is 0.0682. The van der Waals surface area contributed by atoms with Gasteiger partial charge in [-0.05, 0) is 62.6 Å². The van der Waals surface area contributed by atoms with Crippen LogP contribution in [0.4, 0.5) is 0 Å². The highest BCUT2D eigenvalue weighted by Gasteiger charge is 2.41. The lowest BCUT2D eigenvalue weighted by atomic mass is 9.86. The van der Waals surface area contributed by atoms with Crippen LogP contribution in [0.15, 0.2) is 36.9 Å². The van der Waals surface area contributed by atoms with Crippen LogP contribution >= 0.6 is 0 Å². The number of benzene rings is 1. The monoisotopic (exact) mass is 419 g/mol. The first-order chi connectivity index (χ1) is 15.0. The molecule has 1 aromatic carbocycles. The molecule has 2 fully saturated rings. The highest BCUT2D eigenvalue weighted by atomic mass is 16.2. The first-order valence-corrected chi connectivity index (χ1v) is 11.7. The third-order valence-electron chi connectivity index (χ3n) is 7.36. The molecular formula is C25H33N5O. The minimum Gasteiger partial charge on any atom is -0.337 e. The summed E-state index contributed by atoms with van der Waals surface area (Å²) in [6.45, 7) is 6.22. The highest BCUT2D eigenvalue weighted by Crippen LogP contribution is 2.36. The van der Waals surface area contributed by atoms with Gasteiger partial charge in [0.1, 0.15) is 0 Å². The van der Waals surface area contributed by atoms with E-state index in [4.69, 9.17) is 0 Å². The van der Waals surface area contributed by atoms with Crippen molar-refractivity contribution in [2.45, 2.75) is 70.9 Å². The normalized spacial score (nSPS) is 21.7. The van der Waals surface area contributed by atoms with E-state index in [1.165, 1.54) is 32.1 Å². The van der Waals surface area contributed by atoms with E-state index in [0.717, 1.165) is 48.1 Å². The van der Waals surface area contributed by atoms with E-state index in [9.17, 15) is 4.79 Å². The van der Waals surface area contributed by atoms with Crippen molar-refractivity contribution in [1.82, 2.24) is 24.6 Å². The molecule has 2 aliphatic rings. The van der Waals surface area contributed by atoms with Crippen LogP contribution in [0.2, 0.25) is 0 Å². The molecule has 0 bridgehead atoms. The van der Waals surface area contributed by atoms with Crippen LogP contribution in [-0.2, 0) is 11.3 Å². The summed E-state index contributed by atoms with van der Waals surface area (Å²) < 4.78 is 2.25. The van der Waals surface area contributed by atoms with E-state index in [1.807, 2.05) is 18.7 Å². The zero-order chi connectivity index (χ0) is 21.4. The molecule has 6 nitrogen and oxygen atoms in total. The van der Waals surface area contributed by atoms with Crippen molar-refractivity contribution >= 4 is 16.9 Å². The third kappa shape index (κ3) is 4.12. The predicted molar refractivity (Wildman–Crippen MR) is 122 cm³/mol. The molecule has 1 N–H and O–H groups in total. The van der Waals surface area contributed by atoms with E-state index < -0.39 is 0 Å². The fourth-order valence-electron chi connectivity index (χ4n) is 5.77. The molecule has 164 valence electrons. The molecule has 1 amide bonds. The molecule has 1 saturated heterocycles. The van der Waals surface area contributed by atoms with Gasteiger partial charge in [-0.1, -0.05) is 25.3 Å². The van der Waals surface area contributed by atoms with Gasteiger partial charge in [-0.3, -0.25) is 9.89 Å². The van der Waals surface area contributed by atoms with Gasteiger partial charge in [0.05, 0.1) is 23.6 Å². The van der Waals surface area contributed by atoms with Gasteiger partial charge in [0.2, 0.25) is 5.91 Å². The second-order valence-electron chi connectivity index (χ2n) is 10.2. The van der Waals surface area contributed by atoms with E-state index >= 15 is 0 Å². The highest BCUT2D eigenvalue weighted by molar-refractivity contribution is 5.82. The zero-order valence-corrected chi connectivity index (χ0v) is 18.7. The molecule has 0 radical (unpaired) electrons. The molecule has 3 aromatic rings. The maximum atomic E-state index is 13.1. The number of nitrogens with zero attached hydrogens (tertiary/aromatic N) is 4. The Labute approximate surface area is 184 Å². The zero-order valence-electron chi connectivity index (χ0n) is 18.7. The lowest BCUT2D eigenvalue weighted by molar-refractivity contribution is -0.135. The summed E-state index contributed by atoms with van der Waals surface area (Å²) in [6, 6.07) is 6.40. The van der Waals surface area contributed by atoms with Crippen LogP contribution in [0.1, 0.15) is 58.8 Å². The molecule has 2 aromatic heterocycles. The fourth-order valence-corrected chi connectivity index (χ4v) is 5.77. The Morgan fingerprint density at radius 3 is 2.77 bits per heavy atom. The van der Waals surface area contributed by atoms with Gasteiger partial charge in [-0.15, -0.1) is 0 Å². The number of rotatable bonds is 5. The van der Waals surface area contributed by atoms with Crippen molar-refractivity contribution in [3.05, 3.63) is 36.9 Å². The molecule has 1 aliphatic heterocycles. The number of aromatic nitrogens is 4. The summed E-state index contributed by atoms with van der Waals surface area (Å²) in [5, 5.41) is 6.91. The third-order valence-corrected chi connectivity index (χ3v) is 7.36. The van der Waals surface area contributed by atoms with Gasteiger partial charge in [-0.2, -0.15) is 5.10 Å². The molecule has 0 spiro atoms. The van der Waals surface area contributed by atoms with Gasteiger partial charge in [0.15, 0.2) is 0 Å². The summed E-state index contributed by atoms with van der Waals surface area (Å²) in [7, 11) is 0. The Bertz CT molecular complexity index is 1050. The summed E-state index contributed by atoms with van der Waals surface area (Å²) in [4.78, 5) is 20.0. The van der Waals surface area contributed by atoms with E-state index in [0.29, 0.717) is 17.7 Å². The summed E-state index contributed by atoms with van der Waals surface area (Å²) in [6.07, 6.45) is 13.8. The largest absolute Gasteiger partial charge is 0.337 e. The van der Waals surface area contributed by atoms with E-state index in [1.54, 1.807) is 0 Å². The van der Waals surface area contributed by atoms with Gasteiger partial charge < -0.3 is 9.47 Å². The van der Waals surface area contributed by atoms with Crippen LogP contribution < -0.4 is 0 Å². The van der Waals surface area contributed by atoms with Gasteiger partial charge >= 0.3 is 0 Å². The second kappa shape index (κ2) is 8.13. The number of nitrogens with one attached hydrogen (secondary N) is 1. The number of amides is 1. The van der Waals surface area contributed by atoms with Gasteiger partial charge in [-0.25, -0.2) is 4.98 Å². The van der Waals surface area contributed by atoms with Gasteiger partial charge in [0, 0.05) is 36.8 Å². The second-order valence-corrected chi connectivity index (χ2v) is 10.2. The Morgan fingerprint density at radius 1 is 1.16 bits per heavy atom. The fraction of sp³-hybridized carbons (Fsp3) is 0.560. The quantitative estimate of drug-likeness (QED) is 0.631. The average molecular weight is 420 g/mol. The molecule has 3 heterocycles. The Hall–Kier alpha value is -2.63. The van der Waals surface area contributed by atoms with Crippen LogP contribution in [0.25, 0.3) is 22.2 Å². The molecule has 5 rings (SSSR count). The van der Waals surface area contributed by atoms with E-state index in [2.05, 4.69) is 56.7 Å². The maximum Gasteiger partial charge on any atom is 0.223 e. The molecular weight excluding hydrogens is 386 g/mol. The number of hydrogen-bond acceptors (Lipinski definition) is 3. The molecule has 1 atom stereocenters. The van der Waals surface area contributed by atoms with Gasteiger partial charge in [0.25, 0.3) is 0 Å². The minimum atomic E-state index is -0.0682. The molecule has 1 saturated carbocycles. The number of hydrogen-bond donors (Lipinski definition) is 1. The Balaban J connectivity index is 1.28. The lowest BCUT2D eigenvalue weighted by Gasteiger charge is -2.33. The number of aromatic amines is 1. The van der Waals surface area contributed by atoms with Crippen molar-refractivity contribution in [1.29, 1.82) is 0 Å². The number of carbonyl (C=O) groups excluding carboxylic acids is 1. The predicted octanol–water partition coefficient (Wildman–Crippen LogP) is 5.02. The maximum absolute atomic E-state index is 13.1. The van der Waals surface area contributed by atoms with Crippen LogP contribution in [-0.4, -0.2) is 42.6 Å². The van der Waals surface area contributed by atoms with Crippen LogP contribution in [0, 0.1) is 11.8 Å². The number of H-pyrrole nitrogens is 1. The molecule has 6 heteroatoms. The van der Waals surface area contributed by atoms with Crippen molar-refractivity contribution in [3.8, 4) is 11.1 Å². The molecule has 1 unspecified atom stereocenters. The Kier molecular flexibility index (Phi) is 5.32. The molecule has 1 aliphatic carbocycles. The number of fused-ring (bicyclic) bond motifs is 1. The number of carbonyl (C=O) groups is 1. The summed E-state index contributed by atoms with van der Waals surface area (Å²) in [5.74, 6) is 1.41. The van der Waals surface area contributed by atoms with Crippen molar-refractivity contribution in [2.75, 3.05) is 6.54 Å². The lowest BCUT2D eigenvalue weighted by Crippen LogP contribution is -2.43. The first kappa shape index (κ1) is 20.3. The van der Waals surface area contributed by atoms with Crippen LogP contribution in [0.5, 0.6) is 0 Å². The summed E-state index contributed by atoms with van der Waals surface area (Å²) >= 11 is 0. The van der Waals surface area contributed by atoms with Crippen molar-refractivity contribution in [2.24, 2.45) is 11.8 Å². The first-order valence-electron chi connectivity index (χ1n) is 11.7. The smallest absolute Gasteiger partial charge is 0.223 e. The Morgan fingerprint density at radius 2 is 2.00 bits per heavy atom. The number of likely N-dealkylation sites (tertiary alicyclic amines) is 1. The van der Waals surface area contributed by atoms with Crippen LogP contribution in [0.3, 0.4) is 0 Å². The average Bonchev–Trinajstić information content (AvgIpc) is 3.48. The SMILES string of the molecule is CC1(C)CC(Cn2cnc3cc(-c4cn[nH]c4)ccc32)CN1C(=O)CC1CCCCC1. The summed E-state index contributed by atoms with van der Waals surface area (Å²) in [5.41, 5.74) is 4.27.